The maximum Gasteiger partial charge on any atom is 0.573 e. The Kier molecular flexibility index (Phi) is 5.40. The van der Waals surface area contributed by atoms with Crippen molar-refractivity contribution in [3.63, 3.8) is 0 Å². The van der Waals surface area contributed by atoms with E-state index in [-0.39, 0.29) is 28.9 Å². The van der Waals surface area contributed by atoms with Gasteiger partial charge in [-0.3, -0.25) is 0 Å². The summed E-state index contributed by atoms with van der Waals surface area (Å²) in [6, 6.07) is 9.92. The average Bonchev–Trinajstić information content (AvgIpc) is 2.50. The third-order valence-electron chi connectivity index (χ3n) is 4.01. The van der Waals surface area contributed by atoms with Crippen LogP contribution in [-0.2, 0) is 14.4 Å². The molecule has 0 bridgehead atoms. The smallest absolute Gasteiger partial charge is 0.406 e. The minimum absolute atomic E-state index is 0.0447. The topological polar surface area (TPSA) is 55.8 Å². The Labute approximate surface area is 159 Å². The summed E-state index contributed by atoms with van der Waals surface area (Å²) in [5, 5.41) is 1.37. The second-order valence-electron chi connectivity index (χ2n) is 6.12. The van der Waals surface area contributed by atoms with E-state index < -0.39 is 22.2 Å². The Balaban J connectivity index is 1.61. The van der Waals surface area contributed by atoms with Gasteiger partial charge in [-0.2, -0.15) is 17.8 Å². The molecule has 1 saturated heterocycles. The van der Waals surface area contributed by atoms with Crippen LogP contribution in [0.1, 0.15) is 17.0 Å². The highest BCUT2D eigenvalue weighted by Crippen LogP contribution is 2.36. The number of benzene rings is 2. The van der Waals surface area contributed by atoms with Crippen molar-refractivity contribution in [1.82, 2.24) is 5.06 Å². The van der Waals surface area contributed by atoms with Gasteiger partial charge in [-0.1, -0.05) is 35.4 Å². The molecule has 0 aliphatic carbocycles. The summed E-state index contributed by atoms with van der Waals surface area (Å²) in [6.45, 7) is 2.32. The van der Waals surface area contributed by atoms with Gasteiger partial charge in [0.1, 0.15) is 5.75 Å². The van der Waals surface area contributed by atoms with Crippen LogP contribution in [0, 0.1) is 6.92 Å². The largest absolute Gasteiger partial charge is 0.573 e. The molecule has 0 amide bonds. The summed E-state index contributed by atoms with van der Waals surface area (Å²) < 4.78 is 70.0. The first-order valence-electron chi connectivity index (χ1n) is 7.85. The third-order valence-corrected chi connectivity index (χ3v) is 5.59. The van der Waals surface area contributed by atoms with E-state index in [0.717, 1.165) is 11.6 Å². The molecule has 1 heterocycles. The van der Waals surface area contributed by atoms with E-state index in [2.05, 4.69) is 4.74 Å². The Hall–Kier alpha value is -1.81. The summed E-state index contributed by atoms with van der Waals surface area (Å²) in [6.07, 6.45) is -4.80. The lowest BCUT2D eigenvalue weighted by atomic mass is 9.93. The monoisotopic (exact) mass is 421 g/mol. The minimum Gasteiger partial charge on any atom is -0.406 e. The molecule has 2 aromatic carbocycles. The van der Waals surface area contributed by atoms with Gasteiger partial charge in [-0.05, 0) is 36.8 Å². The predicted octanol–water partition coefficient (Wildman–Crippen LogP) is 4.27. The van der Waals surface area contributed by atoms with Gasteiger partial charge in [-0.15, -0.1) is 13.2 Å². The van der Waals surface area contributed by atoms with Gasteiger partial charge < -0.3 is 4.74 Å². The molecule has 10 heteroatoms. The number of halogens is 4. The maximum absolute atomic E-state index is 12.2. The molecule has 1 aliphatic heterocycles. The fraction of sp³-hybridized carbons (Fsp3) is 0.294. The number of hydrogen-bond acceptors (Lipinski definition) is 5. The first-order chi connectivity index (χ1) is 12.5. The molecule has 0 aromatic heterocycles. The molecular formula is C17H15ClF3NO4S. The van der Waals surface area contributed by atoms with Crippen molar-refractivity contribution in [2.75, 3.05) is 13.1 Å². The minimum atomic E-state index is -4.80. The van der Waals surface area contributed by atoms with Crippen molar-refractivity contribution in [3.8, 4) is 5.75 Å². The van der Waals surface area contributed by atoms with E-state index in [0.29, 0.717) is 5.56 Å². The fourth-order valence-corrected chi connectivity index (χ4v) is 3.90. The highest BCUT2D eigenvalue weighted by Gasteiger charge is 2.35. The van der Waals surface area contributed by atoms with Gasteiger partial charge in [0.2, 0.25) is 0 Å². The van der Waals surface area contributed by atoms with E-state index in [1.165, 1.54) is 29.3 Å². The molecule has 0 unspecified atom stereocenters. The van der Waals surface area contributed by atoms with Crippen molar-refractivity contribution in [3.05, 3.63) is 58.6 Å². The highest BCUT2D eigenvalue weighted by molar-refractivity contribution is 7.86. The number of hydrogen-bond donors (Lipinski definition) is 0. The Bertz CT molecular complexity index is 926. The van der Waals surface area contributed by atoms with Crippen LogP contribution < -0.4 is 4.74 Å². The lowest BCUT2D eigenvalue weighted by Crippen LogP contribution is -2.45. The molecule has 1 fully saturated rings. The van der Waals surface area contributed by atoms with Crippen LogP contribution in [0.4, 0.5) is 13.2 Å². The summed E-state index contributed by atoms with van der Waals surface area (Å²) in [5.74, 6) is -0.573. The Morgan fingerprint density at radius 2 is 1.74 bits per heavy atom. The summed E-state index contributed by atoms with van der Waals surface area (Å²) in [7, 11) is -3.93. The molecule has 27 heavy (non-hydrogen) atoms. The van der Waals surface area contributed by atoms with Gasteiger partial charge in [0.15, 0.2) is 0 Å². The zero-order chi connectivity index (χ0) is 19.8. The van der Waals surface area contributed by atoms with Gasteiger partial charge in [0.25, 0.3) is 0 Å². The quantitative estimate of drug-likeness (QED) is 0.721. The molecule has 0 N–H and O–H groups in total. The number of hydroxylamine groups is 2. The van der Waals surface area contributed by atoms with E-state index in [4.69, 9.17) is 15.9 Å². The summed E-state index contributed by atoms with van der Waals surface area (Å²) in [4.78, 5) is 0.0447. The van der Waals surface area contributed by atoms with Gasteiger partial charge in [-0.25, -0.2) is 0 Å². The van der Waals surface area contributed by atoms with Crippen molar-refractivity contribution >= 4 is 21.7 Å². The molecule has 0 atom stereocenters. The van der Waals surface area contributed by atoms with Gasteiger partial charge in [0, 0.05) is 24.0 Å². The Morgan fingerprint density at radius 1 is 1.11 bits per heavy atom. The van der Waals surface area contributed by atoms with E-state index in [1.54, 1.807) is 12.1 Å². The van der Waals surface area contributed by atoms with Crippen LogP contribution in [0.15, 0.2) is 47.4 Å². The lowest BCUT2D eigenvalue weighted by molar-refractivity contribution is -0.274. The fourth-order valence-electron chi connectivity index (χ4n) is 2.62. The van der Waals surface area contributed by atoms with Crippen LogP contribution in [0.25, 0.3) is 0 Å². The SMILES string of the molecule is Cc1ccc(S(=O)(=O)ON2CC(c3ccc(OC(F)(F)F)cc3Cl)C2)cc1. The third kappa shape index (κ3) is 4.92. The molecule has 0 spiro atoms. The number of ether oxygens (including phenoxy) is 1. The van der Waals surface area contributed by atoms with Crippen molar-refractivity contribution in [2.45, 2.75) is 24.1 Å². The number of aryl methyl sites for hydroxylation is 1. The second-order valence-corrected chi connectivity index (χ2v) is 8.05. The molecule has 3 rings (SSSR count). The van der Waals surface area contributed by atoms with Crippen molar-refractivity contribution in [2.24, 2.45) is 0 Å². The van der Waals surface area contributed by atoms with Gasteiger partial charge >= 0.3 is 16.5 Å². The standard InChI is InChI=1S/C17H15ClF3NO4S/c1-11-2-5-14(6-3-11)27(23,24)26-22-9-12(10-22)15-7-4-13(8-16(15)18)25-17(19,20)21/h2-8,12H,9-10H2,1H3. The summed E-state index contributed by atoms with van der Waals surface area (Å²) >= 11 is 6.03. The zero-order valence-electron chi connectivity index (χ0n) is 14.0. The number of alkyl halides is 3. The molecule has 2 aromatic rings. The molecular weight excluding hydrogens is 407 g/mol. The van der Waals surface area contributed by atoms with E-state index in [9.17, 15) is 21.6 Å². The lowest BCUT2D eigenvalue weighted by Gasteiger charge is -2.37. The normalized spacial score (nSPS) is 16.2. The maximum atomic E-state index is 12.2. The molecule has 5 nitrogen and oxygen atoms in total. The molecule has 0 radical (unpaired) electrons. The second kappa shape index (κ2) is 7.31. The van der Waals surface area contributed by atoms with Crippen molar-refractivity contribution in [1.29, 1.82) is 0 Å². The summed E-state index contributed by atoms with van der Waals surface area (Å²) in [5.41, 5.74) is 1.52. The molecule has 0 saturated carbocycles. The number of rotatable bonds is 5. The first kappa shape index (κ1) is 19.9. The highest BCUT2D eigenvalue weighted by atomic mass is 35.5. The van der Waals surface area contributed by atoms with E-state index >= 15 is 0 Å². The van der Waals surface area contributed by atoms with Crippen molar-refractivity contribution < 1.29 is 30.6 Å². The van der Waals surface area contributed by atoms with Crippen LogP contribution in [0.2, 0.25) is 5.02 Å². The van der Waals surface area contributed by atoms with E-state index in [1.807, 2.05) is 6.92 Å². The predicted molar refractivity (Wildman–Crippen MR) is 91.9 cm³/mol. The van der Waals surface area contributed by atoms with Gasteiger partial charge in [0.05, 0.1) is 4.90 Å². The van der Waals surface area contributed by atoms with Crippen LogP contribution in [0.3, 0.4) is 0 Å². The first-order valence-corrected chi connectivity index (χ1v) is 9.63. The zero-order valence-corrected chi connectivity index (χ0v) is 15.6. The molecule has 146 valence electrons. The Morgan fingerprint density at radius 3 is 2.30 bits per heavy atom. The van der Waals surface area contributed by atoms with Crippen LogP contribution in [-0.4, -0.2) is 32.9 Å². The van der Waals surface area contributed by atoms with Crippen LogP contribution >= 0.6 is 11.6 Å². The molecule has 1 aliphatic rings. The number of nitrogens with zero attached hydrogens (tertiary/aromatic N) is 1. The van der Waals surface area contributed by atoms with Crippen LogP contribution in [0.5, 0.6) is 5.75 Å². The average molecular weight is 422 g/mol.